The molecule has 0 spiro atoms. The molecule has 0 heterocycles. The van der Waals surface area contributed by atoms with Gasteiger partial charge in [-0.1, -0.05) is 18.9 Å². The first-order valence-corrected chi connectivity index (χ1v) is 8.63. The molecule has 2 saturated carbocycles. The van der Waals surface area contributed by atoms with E-state index in [-0.39, 0.29) is 11.7 Å². The minimum absolute atomic E-state index is 0.0373. The van der Waals surface area contributed by atoms with Crippen molar-refractivity contribution in [3.8, 4) is 5.75 Å². The van der Waals surface area contributed by atoms with Gasteiger partial charge in [0.1, 0.15) is 11.4 Å². The fourth-order valence-corrected chi connectivity index (χ4v) is 4.52. The van der Waals surface area contributed by atoms with Crippen LogP contribution in [-0.4, -0.2) is 21.6 Å². The number of ketones is 1. The highest BCUT2D eigenvalue weighted by atomic mass is 16.3. The smallest absolute Gasteiger partial charge is 0.164 e. The van der Waals surface area contributed by atoms with Crippen LogP contribution in [0.5, 0.6) is 5.75 Å². The number of hydrogen-bond acceptors (Lipinski definition) is 3. The van der Waals surface area contributed by atoms with Crippen LogP contribution in [0.4, 0.5) is 0 Å². The van der Waals surface area contributed by atoms with Gasteiger partial charge in [-0.15, -0.1) is 0 Å². The van der Waals surface area contributed by atoms with Crippen molar-refractivity contribution in [2.24, 2.45) is 11.8 Å². The van der Waals surface area contributed by atoms with E-state index in [4.69, 9.17) is 0 Å². The van der Waals surface area contributed by atoms with Crippen LogP contribution in [0.15, 0.2) is 18.2 Å². The second kappa shape index (κ2) is 5.09. The zero-order valence-electron chi connectivity index (χ0n) is 12.9. The average Bonchev–Trinajstić information content (AvgIpc) is 3.31. The third-order valence-corrected chi connectivity index (χ3v) is 6.07. The monoisotopic (exact) mass is 300 g/mol. The van der Waals surface area contributed by atoms with E-state index in [2.05, 4.69) is 0 Å². The highest BCUT2D eigenvalue weighted by molar-refractivity contribution is 5.89. The minimum Gasteiger partial charge on any atom is -0.508 e. The van der Waals surface area contributed by atoms with Crippen molar-refractivity contribution >= 4 is 5.78 Å². The molecule has 1 aromatic rings. The summed E-state index contributed by atoms with van der Waals surface area (Å²) in [5.41, 5.74) is 1.32. The van der Waals surface area contributed by atoms with Crippen LogP contribution in [0.3, 0.4) is 0 Å². The number of Topliss-reactive ketones (excluding diaryl/α,β-unsaturated/α-hetero) is 1. The number of carbonyl (C=O) groups excluding carboxylic acids is 1. The van der Waals surface area contributed by atoms with E-state index >= 15 is 0 Å². The molecule has 3 aliphatic carbocycles. The van der Waals surface area contributed by atoms with Gasteiger partial charge in [0.05, 0.1) is 0 Å². The first kappa shape index (κ1) is 14.3. The van der Waals surface area contributed by atoms with Crippen molar-refractivity contribution < 1.29 is 15.0 Å². The van der Waals surface area contributed by atoms with Gasteiger partial charge in [-0.2, -0.15) is 0 Å². The predicted octanol–water partition coefficient (Wildman–Crippen LogP) is 3.32. The number of aliphatic hydroxyl groups is 1. The molecule has 0 amide bonds. The van der Waals surface area contributed by atoms with Crippen molar-refractivity contribution in [1.82, 2.24) is 0 Å². The first-order valence-electron chi connectivity index (χ1n) is 8.63. The molecule has 0 saturated heterocycles. The standard InChI is InChI=1S/C19H24O3/c20-15-5-6-16-13(9-15)3-4-14-11-19(22,8-7-12-1-2-12)18(21)10-17(14)16/h5-6,9,12,14,17,20,22H,1-4,7-8,10-11H2/t14-,17-,19-/m1/s1. The summed E-state index contributed by atoms with van der Waals surface area (Å²) in [7, 11) is 0. The second-order valence-corrected chi connectivity index (χ2v) is 7.63. The molecule has 3 nitrogen and oxygen atoms in total. The quantitative estimate of drug-likeness (QED) is 0.900. The molecule has 3 aliphatic rings. The molecule has 0 aliphatic heterocycles. The van der Waals surface area contributed by atoms with E-state index in [1.54, 1.807) is 6.07 Å². The van der Waals surface area contributed by atoms with Crippen LogP contribution in [0.2, 0.25) is 0 Å². The Bertz CT molecular complexity index is 605. The lowest BCUT2D eigenvalue weighted by Gasteiger charge is -2.43. The lowest BCUT2D eigenvalue weighted by molar-refractivity contribution is -0.146. The van der Waals surface area contributed by atoms with Gasteiger partial charge in [0.25, 0.3) is 0 Å². The summed E-state index contributed by atoms with van der Waals surface area (Å²) in [4.78, 5) is 12.6. The number of rotatable bonds is 3. The van der Waals surface area contributed by atoms with E-state index < -0.39 is 5.60 Å². The molecule has 2 fully saturated rings. The Morgan fingerprint density at radius 2 is 2.05 bits per heavy atom. The summed E-state index contributed by atoms with van der Waals surface area (Å²) < 4.78 is 0. The highest BCUT2D eigenvalue weighted by Gasteiger charge is 2.47. The lowest BCUT2D eigenvalue weighted by Crippen LogP contribution is -2.47. The zero-order chi connectivity index (χ0) is 15.3. The summed E-state index contributed by atoms with van der Waals surface area (Å²) in [6.07, 6.45) is 7.25. The SMILES string of the molecule is O=C1C[C@H]2c3ccc(O)cc3CC[C@@H]2C[C@]1(O)CCC1CC1. The highest BCUT2D eigenvalue weighted by Crippen LogP contribution is 2.49. The van der Waals surface area contributed by atoms with Crippen LogP contribution in [-0.2, 0) is 11.2 Å². The second-order valence-electron chi connectivity index (χ2n) is 7.63. The van der Waals surface area contributed by atoms with Crippen molar-refractivity contribution in [3.63, 3.8) is 0 Å². The van der Waals surface area contributed by atoms with Gasteiger partial charge in [-0.05, 0) is 73.1 Å². The van der Waals surface area contributed by atoms with Gasteiger partial charge in [-0.25, -0.2) is 0 Å². The fraction of sp³-hybridized carbons (Fsp3) is 0.632. The topological polar surface area (TPSA) is 57.5 Å². The Balaban J connectivity index is 1.55. The van der Waals surface area contributed by atoms with E-state index in [9.17, 15) is 15.0 Å². The van der Waals surface area contributed by atoms with Crippen molar-refractivity contribution in [1.29, 1.82) is 0 Å². The van der Waals surface area contributed by atoms with Crippen molar-refractivity contribution in [2.75, 3.05) is 0 Å². The zero-order valence-corrected chi connectivity index (χ0v) is 12.9. The number of fused-ring (bicyclic) bond motifs is 3. The number of aryl methyl sites for hydroxylation is 1. The molecule has 0 unspecified atom stereocenters. The molecular formula is C19H24O3. The number of aromatic hydroxyl groups is 1. The largest absolute Gasteiger partial charge is 0.508 e. The van der Waals surface area contributed by atoms with Crippen LogP contribution < -0.4 is 0 Å². The lowest BCUT2D eigenvalue weighted by atomic mass is 9.62. The molecule has 0 bridgehead atoms. The van der Waals surface area contributed by atoms with Crippen molar-refractivity contribution in [2.45, 2.75) is 62.9 Å². The van der Waals surface area contributed by atoms with Crippen molar-refractivity contribution in [3.05, 3.63) is 29.3 Å². The molecule has 0 radical (unpaired) electrons. The molecule has 2 N–H and O–H groups in total. The molecule has 1 aromatic carbocycles. The maximum atomic E-state index is 12.6. The summed E-state index contributed by atoms with van der Waals surface area (Å²) in [5.74, 6) is 1.73. The van der Waals surface area contributed by atoms with Gasteiger partial charge in [0.2, 0.25) is 0 Å². The van der Waals surface area contributed by atoms with Crippen LogP contribution in [0, 0.1) is 11.8 Å². The molecule has 0 aromatic heterocycles. The Hall–Kier alpha value is -1.35. The Labute approximate surface area is 131 Å². The normalized spacial score (nSPS) is 34.1. The molecular weight excluding hydrogens is 276 g/mol. The summed E-state index contributed by atoms with van der Waals surface area (Å²) in [5, 5.41) is 20.5. The number of carbonyl (C=O) groups is 1. The first-order chi connectivity index (χ1) is 10.5. The maximum Gasteiger partial charge on any atom is 0.164 e. The van der Waals surface area contributed by atoms with E-state index in [0.29, 0.717) is 30.9 Å². The maximum absolute atomic E-state index is 12.6. The summed E-state index contributed by atoms with van der Waals surface area (Å²) >= 11 is 0. The third kappa shape index (κ3) is 2.45. The molecule has 22 heavy (non-hydrogen) atoms. The van der Waals surface area contributed by atoms with Gasteiger partial charge in [0.15, 0.2) is 5.78 Å². The summed E-state index contributed by atoms with van der Waals surface area (Å²) in [6, 6.07) is 5.53. The molecule has 3 heteroatoms. The molecule has 3 atom stereocenters. The summed E-state index contributed by atoms with van der Waals surface area (Å²) in [6.45, 7) is 0. The van der Waals surface area contributed by atoms with Gasteiger partial charge in [0, 0.05) is 6.42 Å². The fourth-order valence-electron chi connectivity index (χ4n) is 4.52. The number of phenolic OH excluding ortho intramolecular Hbond substituents is 1. The Morgan fingerprint density at radius 3 is 2.82 bits per heavy atom. The number of hydrogen-bond donors (Lipinski definition) is 2. The Morgan fingerprint density at radius 1 is 1.23 bits per heavy atom. The molecule has 4 rings (SSSR count). The third-order valence-electron chi connectivity index (χ3n) is 6.07. The Kier molecular flexibility index (Phi) is 3.30. The van der Waals surface area contributed by atoms with Gasteiger partial charge in [-0.3, -0.25) is 4.79 Å². The van der Waals surface area contributed by atoms with E-state index in [1.165, 1.54) is 24.0 Å². The van der Waals surface area contributed by atoms with Crippen LogP contribution >= 0.6 is 0 Å². The van der Waals surface area contributed by atoms with Gasteiger partial charge < -0.3 is 10.2 Å². The van der Waals surface area contributed by atoms with Gasteiger partial charge >= 0.3 is 0 Å². The number of phenols is 1. The average molecular weight is 300 g/mol. The minimum atomic E-state index is -1.07. The van der Waals surface area contributed by atoms with E-state index in [1.807, 2.05) is 12.1 Å². The predicted molar refractivity (Wildman–Crippen MR) is 83.8 cm³/mol. The van der Waals surface area contributed by atoms with Crippen LogP contribution in [0.25, 0.3) is 0 Å². The van der Waals surface area contributed by atoms with E-state index in [0.717, 1.165) is 25.2 Å². The number of benzene rings is 1. The van der Waals surface area contributed by atoms with Crippen LogP contribution in [0.1, 0.15) is 62.0 Å². The molecule has 118 valence electrons.